The van der Waals surface area contributed by atoms with Crippen LogP contribution in [0.2, 0.25) is 0 Å². The van der Waals surface area contributed by atoms with E-state index in [-0.39, 0.29) is 16.7 Å². The molecule has 2 aromatic heterocycles. The van der Waals surface area contributed by atoms with E-state index in [1.165, 1.54) is 11.1 Å². The Morgan fingerprint density at radius 1 is 0.444 bits per heavy atom. The van der Waals surface area contributed by atoms with Crippen molar-refractivity contribution in [3.05, 3.63) is 153 Å². The highest BCUT2D eigenvalue weighted by Gasteiger charge is 2.36. The minimum Gasteiger partial charge on any atom is -0.422 e. The third-order valence-electron chi connectivity index (χ3n) is 9.58. The molecule has 0 fully saturated rings. The maximum Gasteiger partial charge on any atom is 0.344 e. The Morgan fingerprint density at radius 3 is 1.36 bits per heavy atom. The highest BCUT2D eigenvalue weighted by atomic mass is 16.4. The van der Waals surface area contributed by atoms with Crippen LogP contribution in [0.25, 0.3) is 76.9 Å². The maximum atomic E-state index is 13.3. The van der Waals surface area contributed by atoms with Gasteiger partial charge in [0.1, 0.15) is 11.2 Å². The monoisotopic (exact) mass is 582 g/mol. The molecular weight excluding hydrogens is 556 g/mol. The van der Waals surface area contributed by atoms with Crippen molar-refractivity contribution >= 4 is 43.5 Å². The second-order valence-electron chi connectivity index (χ2n) is 12.4. The average Bonchev–Trinajstić information content (AvgIpc) is 3.29. The first kappa shape index (κ1) is 25.7. The fraction of sp³-hybridized carbons (Fsp3) is 0.0732. The molecule has 0 atom stereocenters. The van der Waals surface area contributed by atoms with Crippen LogP contribution in [-0.4, -0.2) is 0 Å². The summed E-state index contributed by atoms with van der Waals surface area (Å²) in [6.07, 6.45) is 0. The molecule has 1 aliphatic carbocycles. The van der Waals surface area contributed by atoms with Crippen LogP contribution in [0.1, 0.15) is 25.0 Å². The van der Waals surface area contributed by atoms with Crippen molar-refractivity contribution in [3.8, 4) is 33.4 Å². The third-order valence-corrected chi connectivity index (χ3v) is 9.58. The van der Waals surface area contributed by atoms with Gasteiger partial charge in [-0.3, -0.25) is 0 Å². The number of rotatable bonds is 2. The maximum absolute atomic E-state index is 13.3. The molecule has 4 heteroatoms. The smallest absolute Gasteiger partial charge is 0.344 e. The predicted octanol–water partition coefficient (Wildman–Crippen LogP) is 9.85. The van der Waals surface area contributed by atoms with Crippen molar-refractivity contribution in [2.75, 3.05) is 0 Å². The van der Waals surface area contributed by atoms with Crippen LogP contribution >= 0.6 is 0 Å². The van der Waals surface area contributed by atoms with E-state index in [2.05, 4.69) is 62.4 Å². The normalized spacial score (nSPS) is 13.5. The second kappa shape index (κ2) is 9.13. The lowest BCUT2D eigenvalue weighted by molar-refractivity contribution is 0.563. The van der Waals surface area contributed by atoms with E-state index >= 15 is 0 Å². The fourth-order valence-electron chi connectivity index (χ4n) is 7.25. The van der Waals surface area contributed by atoms with Crippen molar-refractivity contribution < 1.29 is 8.83 Å². The van der Waals surface area contributed by atoms with E-state index in [1.54, 1.807) is 0 Å². The van der Waals surface area contributed by atoms with Crippen LogP contribution in [0.3, 0.4) is 0 Å². The molecule has 0 bridgehead atoms. The van der Waals surface area contributed by atoms with Crippen LogP contribution in [0.4, 0.5) is 0 Å². The van der Waals surface area contributed by atoms with E-state index < -0.39 is 0 Å². The quantitative estimate of drug-likeness (QED) is 0.150. The molecule has 214 valence electrons. The fourth-order valence-corrected chi connectivity index (χ4v) is 7.25. The van der Waals surface area contributed by atoms with Gasteiger partial charge in [-0.2, -0.15) is 0 Å². The standard InChI is InChI=1S/C41H26O4/c1-41(2)35-15-11-25(29-21-33-27-9-5-3-7-23(27)13-17-37(33)44-39(29)42)19-31(35)32-20-26(12-16-36(32)41)30-22-34-28-10-6-4-8-24(28)14-18-38(34)45-40(30)43/h3-22H,1-2H3. The molecule has 2 heterocycles. The molecule has 0 N–H and O–H groups in total. The number of benzene rings is 6. The molecule has 0 amide bonds. The Kier molecular flexibility index (Phi) is 5.22. The van der Waals surface area contributed by atoms with Crippen molar-refractivity contribution in [1.29, 1.82) is 0 Å². The zero-order valence-electron chi connectivity index (χ0n) is 24.7. The summed E-state index contributed by atoms with van der Waals surface area (Å²) in [5, 5.41) is 6.07. The summed E-state index contributed by atoms with van der Waals surface area (Å²) in [7, 11) is 0. The molecule has 0 aliphatic heterocycles. The molecular formula is C41H26O4. The average molecular weight is 583 g/mol. The largest absolute Gasteiger partial charge is 0.422 e. The Labute approximate surface area is 257 Å². The first-order valence-electron chi connectivity index (χ1n) is 15.1. The summed E-state index contributed by atoms with van der Waals surface area (Å²) in [6.45, 7) is 4.42. The molecule has 6 aromatic carbocycles. The van der Waals surface area contributed by atoms with E-state index in [4.69, 9.17) is 8.83 Å². The SMILES string of the molecule is CC1(C)c2ccc(-c3cc4c(ccc5ccccc54)oc3=O)cc2-c2cc(-c3cc4c(ccc5ccccc54)oc3=O)ccc21. The molecule has 0 unspecified atom stereocenters. The minimum atomic E-state index is -0.370. The van der Waals surface area contributed by atoms with Crippen LogP contribution in [-0.2, 0) is 5.41 Å². The van der Waals surface area contributed by atoms with Gasteiger partial charge in [-0.15, -0.1) is 0 Å². The summed E-state index contributed by atoms with van der Waals surface area (Å²) in [6, 6.07) is 40.2. The molecule has 9 rings (SSSR count). The zero-order chi connectivity index (χ0) is 30.4. The summed E-state index contributed by atoms with van der Waals surface area (Å²) in [4.78, 5) is 26.6. The molecule has 0 saturated heterocycles. The minimum absolute atomic E-state index is 0.254. The lowest BCUT2D eigenvalue weighted by atomic mass is 9.82. The first-order valence-corrected chi connectivity index (χ1v) is 15.1. The molecule has 45 heavy (non-hydrogen) atoms. The van der Waals surface area contributed by atoms with Crippen LogP contribution in [0.5, 0.6) is 0 Å². The van der Waals surface area contributed by atoms with Crippen molar-refractivity contribution in [1.82, 2.24) is 0 Å². The van der Waals surface area contributed by atoms with E-state index in [0.717, 1.165) is 54.6 Å². The summed E-state index contributed by atoms with van der Waals surface area (Å²) >= 11 is 0. The molecule has 4 nitrogen and oxygen atoms in total. The van der Waals surface area contributed by atoms with Gasteiger partial charge in [-0.05, 0) is 91.3 Å². The van der Waals surface area contributed by atoms with Crippen molar-refractivity contribution in [2.45, 2.75) is 19.3 Å². The van der Waals surface area contributed by atoms with Gasteiger partial charge in [0.2, 0.25) is 0 Å². The van der Waals surface area contributed by atoms with Crippen LogP contribution < -0.4 is 11.3 Å². The van der Waals surface area contributed by atoms with Gasteiger partial charge in [0.15, 0.2) is 0 Å². The van der Waals surface area contributed by atoms with Gasteiger partial charge >= 0.3 is 11.3 Å². The van der Waals surface area contributed by atoms with E-state index in [1.807, 2.05) is 72.8 Å². The van der Waals surface area contributed by atoms with Gasteiger partial charge in [0.05, 0.1) is 11.1 Å². The highest BCUT2D eigenvalue weighted by molar-refractivity contribution is 6.07. The van der Waals surface area contributed by atoms with Crippen LogP contribution in [0.15, 0.2) is 140 Å². The molecule has 8 aromatic rings. The molecule has 0 saturated carbocycles. The predicted molar refractivity (Wildman–Crippen MR) is 182 cm³/mol. The number of fused-ring (bicyclic) bond motifs is 9. The topological polar surface area (TPSA) is 60.4 Å². The van der Waals surface area contributed by atoms with E-state index in [0.29, 0.717) is 22.3 Å². The zero-order valence-corrected chi connectivity index (χ0v) is 24.7. The van der Waals surface area contributed by atoms with Gasteiger partial charge < -0.3 is 8.83 Å². The second-order valence-corrected chi connectivity index (χ2v) is 12.4. The van der Waals surface area contributed by atoms with E-state index in [9.17, 15) is 9.59 Å². The Hall–Kier alpha value is -5.74. The highest BCUT2D eigenvalue weighted by Crippen LogP contribution is 2.50. The summed E-state index contributed by atoms with van der Waals surface area (Å²) in [5.74, 6) is 0. The van der Waals surface area contributed by atoms with Crippen molar-refractivity contribution in [2.24, 2.45) is 0 Å². The van der Waals surface area contributed by atoms with Gasteiger partial charge in [0.25, 0.3) is 0 Å². The number of hydrogen-bond donors (Lipinski definition) is 0. The lowest BCUT2D eigenvalue weighted by Crippen LogP contribution is -2.15. The molecule has 1 aliphatic rings. The summed E-state index contributed by atoms with van der Waals surface area (Å²) in [5.41, 5.74) is 7.21. The van der Waals surface area contributed by atoms with Crippen LogP contribution in [0, 0.1) is 0 Å². The lowest BCUT2D eigenvalue weighted by Gasteiger charge is -2.21. The Bertz CT molecular complexity index is 2490. The molecule has 0 spiro atoms. The van der Waals surface area contributed by atoms with Gasteiger partial charge in [-0.25, -0.2) is 9.59 Å². The Balaban J connectivity index is 1.23. The van der Waals surface area contributed by atoms with Gasteiger partial charge in [0, 0.05) is 16.2 Å². The van der Waals surface area contributed by atoms with Crippen molar-refractivity contribution in [3.63, 3.8) is 0 Å². The molecule has 0 radical (unpaired) electrons. The van der Waals surface area contributed by atoms with Gasteiger partial charge in [-0.1, -0.05) is 98.8 Å². The summed E-state index contributed by atoms with van der Waals surface area (Å²) < 4.78 is 11.7. The Morgan fingerprint density at radius 2 is 0.889 bits per heavy atom. The first-order chi connectivity index (χ1) is 21.9. The number of hydrogen-bond acceptors (Lipinski definition) is 4. The third kappa shape index (κ3) is 3.72.